The van der Waals surface area contributed by atoms with Gasteiger partial charge in [0.05, 0.1) is 4.90 Å². The third-order valence-electron chi connectivity index (χ3n) is 4.73. The summed E-state index contributed by atoms with van der Waals surface area (Å²) < 4.78 is 27.2. The predicted molar refractivity (Wildman–Crippen MR) is 103 cm³/mol. The predicted octanol–water partition coefficient (Wildman–Crippen LogP) is 3.25. The number of sulfonamides is 1. The lowest BCUT2D eigenvalue weighted by Crippen LogP contribution is -2.27. The fourth-order valence-electron chi connectivity index (χ4n) is 3.33. The number of nitrogens with zero attached hydrogens (tertiary/aromatic N) is 2. The molecule has 26 heavy (non-hydrogen) atoms. The van der Waals surface area contributed by atoms with Crippen molar-refractivity contribution < 1.29 is 13.2 Å². The van der Waals surface area contributed by atoms with E-state index in [2.05, 4.69) is 0 Å². The molecule has 1 aliphatic heterocycles. The third kappa shape index (κ3) is 3.66. The molecule has 0 unspecified atom stereocenters. The molecular weight excluding hydrogens is 348 g/mol. The zero-order valence-electron chi connectivity index (χ0n) is 15.4. The van der Waals surface area contributed by atoms with Gasteiger partial charge in [-0.25, -0.2) is 8.42 Å². The smallest absolute Gasteiger partial charge is 0.243 e. The lowest BCUT2D eigenvalue weighted by Gasteiger charge is -2.21. The van der Waals surface area contributed by atoms with Gasteiger partial charge in [-0.1, -0.05) is 29.8 Å². The van der Waals surface area contributed by atoms with Gasteiger partial charge in [0.15, 0.2) is 0 Å². The second-order valence-electron chi connectivity index (χ2n) is 6.85. The van der Waals surface area contributed by atoms with Gasteiger partial charge in [0, 0.05) is 32.2 Å². The Balaban J connectivity index is 1.84. The number of carbonyl (C=O) groups is 1. The molecule has 1 fully saturated rings. The standard InChI is InChI=1S/C20H24N2O3S/c1-15-6-4-7-17(12-15)14-21(3)26(24,25)18-9-10-19(16(2)13-18)22-11-5-8-20(22)23/h4,6-7,9-10,12-13H,5,8,11,14H2,1-3H3. The number of carbonyl (C=O) groups excluding carboxylic acids is 1. The fraction of sp³-hybridized carbons (Fsp3) is 0.350. The number of anilines is 1. The van der Waals surface area contributed by atoms with Crippen LogP contribution < -0.4 is 4.90 Å². The van der Waals surface area contributed by atoms with E-state index in [4.69, 9.17) is 0 Å². The van der Waals surface area contributed by atoms with E-state index in [1.165, 1.54) is 4.31 Å². The molecule has 0 spiro atoms. The van der Waals surface area contributed by atoms with E-state index in [9.17, 15) is 13.2 Å². The molecule has 0 saturated carbocycles. The van der Waals surface area contributed by atoms with E-state index in [0.29, 0.717) is 19.5 Å². The molecule has 0 atom stereocenters. The van der Waals surface area contributed by atoms with Gasteiger partial charge in [0.25, 0.3) is 0 Å². The van der Waals surface area contributed by atoms with Gasteiger partial charge in [-0.3, -0.25) is 4.79 Å². The molecule has 2 aromatic carbocycles. The molecule has 0 bridgehead atoms. The molecule has 0 N–H and O–H groups in total. The van der Waals surface area contributed by atoms with Crippen LogP contribution in [-0.2, 0) is 21.4 Å². The average Bonchev–Trinajstić information content (AvgIpc) is 3.00. The highest BCUT2D eigenvalue weighted by Crippen LogP contribution is 2.28. The van der Waals surface area contributed by atoms with Gasteiger partial charge in [-0.15, -0.1) is 0 Å². The normalized spacial score (nSPS) is 15.1. The maximum Gasteiger partial charge on any atom is 0.243 e. The van der Waals surface area contributed by atoms with Crippen LogP contribution in [0.2, 0.25) is 0 Å². The molecule has 5 nitrogen and oxygen atoms in total. The molecule has 138 valence electrons. The molecule has 1 heterocycles. The van der Waals surface area contributed by atoms with Crippen molar-refractivity contribution in [2.75, 3.05) is 18.5 Å². The molecule has 1 saturated heterocycles. The molecule has 1 amide bonds. The minimum Gasteiger partial charge on any atom is -0.312 e. The van der Waals surface area contributed by atoms with Crippen molar-refractivity contribution >= 4 is 21.6 Å². The molecular formula is C20H24N2O3S. The highest BCUT2D eigenvalue weighted by atomic mass is 32.2. The van der Waals surface area contributed by atoms with Crippen LogP contribution in [0.3, 0.4) is 0 Å². The SMILES string of the molecule is Cc1cccc(CN(C)S(=O)(=O)c2ccc(N3CCCC3=O)c(C)c2)c1. The van der Waals surface area contributed by atoms with Crippen molar-refractivity contribution in [1.82, 2.24) is 4.31 Å². The van der Waals surface area contributed by atoms with Crippen LogP contribution in [0.25, 0.3) is 0 Å². The first kappa shape index (κ1) is 18.6. The Morgan fingerprint density at radius 1 is 1.12 bits per heavy atom. The summed E-state index contributed by atoms with van der Waals surface area (Å²) in [4.78, 5) is 13.9. The summed E-state index contributed by atoms with van der Waals surface area (Å²) in [6, 6.07) is 12.8. The topological polar surface area (TPSA) is 57.7 Å². The van der Waals surface area contributed by atoms with Gasteiger partial charge < -0.3 is 4.90 Å². The number of hydrogen-bond acceptors (Lipinski definition) is 3. The largest absolute Gasteiger partial charge is 0.312 e. The van der Waals surface area contributed by atoms with E-state index in [1.807, 2.05) is 38.1 Å². The number of hydrogen-bond donors (Lipinski definition) is 0. The molecule has 0 aromatic heterocycles. The Kier molecular flexibility index (Phi) is 5.16. The number of amides is 1. The van der Waals surface area contributed by atoms with E-state index in [1.54, 1.807) is 30.1 Å². The Morgan fingerprint density at radius 2 is 1.88 bits per heavy atom. The highest BCUT2D eigenvalue weighted by molar-refractivity contribution is 7.89. The average molecular weight is 372 g/mol. The van der Waals surface area contributed by atoms with Crippen molar-refractivity contribution in [3.8, 4) is 0 Å². The van der Waals surface area contributed by atoms with Crippen LogP contribution in [0, 0.1) is 13.8 Å². The zero-order chi connectivity index (χ0) is 18.9. The molecule has 0 aliphatic carbocycles. The highest BCUT2D eigenvalue weighted by Gasteiger charge is 2.26. The first-order chi connectivity index (χ1) is 12.3. The van der Waals surface area contributed by atoms with E-state index in [0.717, 1.165) is 28.8 Å². The van der Waals surface area contributed by atoms with Crippen LogP contribution in [0.15, 0.2) is 47.4 Å². The van der Waals surface area contributed by atoms with E-state index >= 15 is 0 Å². The van der Waals surface area contributed by atoms with Crippen LogP contribution in [0.5, 0.6) is 0 Å². The van der Waals surface area contributed by atoms with E-state index < -0.39 is 10.0 Å². The van der Waals surface area contributed by atoms with Crippen molar-refractivity contribution in [2.24, 2.45) is 0 Å². The van der Waals surface area contributed by atoms with Gasteiger partial charge in [-0.05, 0) is 49.6 Å². The summed E-state index contributed by atoms with van der Waals surface area (Å²) >= 11 is 0. The fourth-order valence-corrected chi connectivity index (χ4v) is 4.57. The second kappa shape index (κ2) is 7.21. The summed E-state index contributed by atoms with van der Waals surface area (Å²) in [5.74, 6) is 0.0975. The van der Waals surface area contributed by atoms with Gasteiger partial charge in [0.2, 0.25) is 15.9 Å². The quantitative estimate of drug-likeness (QED) is 0.809. The lowest BCUT2D eigenvalue weighted by molar-refractivity contribution is -0.117. The van der Waals surface area contributed by atoms with Gasteiger partial charge in [0.1, 0.15) is 0 Å². The summed E-state index contributed by atoms with van der Waals surface area (Å²) in [5, 5.41) is 0. The van der Waals surface area contributed by atoms with Crippen molar-refractivity contribution in [3.05, 3.63) is 59.2 Å². The maximum atomic E-state index is 12.9. The van der Waals surface area contributed by atoms with Crippen LogP contribution in [0.4, 0.5) is 5.69 Å². The summed E-state index contributed by atoms with van der Waals surface area (Å²) in [5.41, 5.74) is 3.65. The third-order valence-corrected chi connectivity index (χ3v) is 6.53. The minimum absolute atomic E-state index is 0.0975. The molecule has 1 aliphatic rings. The van der Waals surface area contributed by atoms with Gasteiger partial charge in [-0.2, -0.15) is 4.31 Å². The molecule has 3 rings (SSSR count). The van der Waals surface area contributed by atoms with Crippen LogP contribution in [-0.4, -0.2) is 32.2 Å². The van der Waals surface area contributed by atoms with Crippen LogP contribution in [0.1, 0.15) is 29.5 Å². The number of aryl methyl sites for hydroxylation is 2. The van der Waals surface area contributed by atoms with Crippen molar-refractivity contribution in [3.63, 3.8) is 0 Å². The Labute approximate surface area is 155 Å². The van der Waals surface area contributed by atoms with Crippen molar-refractivity contribution in [2.45, 2.75) is 38.1 Å². The number of benzene rings is 2. The monoisotopic (exact) mass is 372 g/mol. The van der Waals surface area contributed by atoms with Crippen molar-refractivity contribution in [1.29, 1.82) is 0 Å². The summed E-state index contributed by atoms with van der Waals surface area (Å²) in [6.45, 7) is 4.84. The Hall–Kier alpha value is -2.18. The maximum absolute atomic E-state index is 12.9. The Morgan fingerprint density at radius 3 is 2.50 bits per heavy atom. The van der Waals surface area contributed by atoms with E-state index in [-0.39, 0.29) is 10.8 Å². The molecule has 0 radical (unpaired) electrons. The number of rotatable bonds is 5. The molecule has 6 heteroatoms. The van der Waals surface area contributed by atoms with Gasteiger partial charge >= 0.3 is 0 Å². The first-order valence-electron chi connectivity index (χ1n) is 8.72. The summed E-state index contributed by atoms with van der Waals surface area (Å²) in [6.07, 6.45) is 1.40. The van der Waals surface area contributed by atoms with Crippen LogP contribution >= 0.6 is 0 Å². The summed E-state index contributed by atoms with van der Waals surface area (Å²) in [7, 11) is -2.01. The second-order valence-corrected chi connectivity index (χ2v) is 8.89. The Bertz CT molecular complexity index is 938. The lowest BCUT2D eigenvalue weighted by atomic mass is 10.1. The minimum atomic E-state index is -3.60. The zero-order valence-corrected chi connectivity index (χ0v) is 16.2. The first-order valence-corrected chi connectivity index (χ1v) is 10.2. The molecule has 2 aromatic rings.